The van der Waals surface area contributed by atoms with Crippen molar-refractivity contribution < 1.29 is 14.3 Å². The van der Waals surface area contributed by atoms with E-state index >= 15 is 0 Å². The molecular formula is C26H31N7O3S. The lowest BCUT2D eigenvalue weighted by molar-refractivity contribution is -0.119. The van der Waals surface area contributed by atoms with Crippen LogP contribution in [0.25, 0.3) is 0 Å². The minimum Gasteiger partial charge on any atom is -0.480 e. The van der Waals surface area contributed by atoms with E-state index in [1.807, 2.05) is 4.57 Å². The molecule has 1 amide bonds. The van der Waals surface area contributed by atoms with Crippen molar-refractivity contribution in [1.29, 1.82) is 0 Å². The Hall–Kier alpha value is -3.21. The molecule has 0 bridgehead atoms. The number of aryl methyl sites for hydroxylation is 1. The maximum atomic E-state index is 13.5. The highest BCUT2D eigenvalue weighted by Gasteiger charge is 2.65. The Balaban J connectivity index is 1.14. The first-order chi connectivity index (χ1) is 18.0. The van der Waals surface area contributed by atoms with Crippen LogP contribution in [0.5, 0.6) is 5.88 Å². The second-order valence-corrected chi connectivity index (χ2v) is 12.3. The van der Waals surface area contributed by atoms with E-state index in [-0.39, 0.29) is 17.9 Å². The molecule has 1 spiro atoms. The van der Waals surface area contributed by atoms with Crippen LogP contribution in [0, 0.1) is 17.3 Å². The number of rotatable bonds is 10. The number of amides is 1. The Bertz CT molecular complexity index is 1370. The molecule has 37 heavy (non-hydrogen) atoms. The standard InChI is InChI=1S/C26H31N7O3S/c1-36-22-10-21(30-31-22)29-25-32-28-13-33(25)15-4-5-19-16(8-15)23(24(35)27-12-14-2-3-14)20(37-19)9-18(34)17-11-26(17)6-7-26/h10,13-15,17H,2-9,11-12H2,1H3,(H,27,35)(H2,29,30,31,32)/t15-,17-/m0/s1. The van der Waals surface area contributed by atoms with Gasteiger partial charge in [-0.2, -0.15) is 0 Å². The number of ketones is 1. The van der Waals surface area contributed by atoms with E-state index in [1.54, 1.807) is 30.8 Å². The zero-order chi connectivity index (χ0) is 25.1. The van der Waals surface area contributed by atoms with Gasteiger partial charge in [-0.3, -0.25) is 19.3 Å². The molecule has 3 fully saturated rings. The summed E-state index contributed by atoms with van der Waals surface area (Å²) in [4.78, 5) is 28.8. The SMILES string of the molecule is COc1cc(Nc2nncn2[C@H]2CCc3sc(CC(=O)[C@@H]4CC45CC5)c(C(=O)NCC4CC4)c3C2)[nH]n1. The Labute approximate surface area is 218 Å². The molecule has 2 atom stereocenters. The minimum atomic E-state index is -0.0172. The number of H-pyrrole nitrogens is 1. The minimum absolute atomic E-state index is 0.0172. The number of nitrogens with zero attached hydrogens (tertiary/aromatic N) is 4. The molecule has 0 saturated heterocycles. The fourth-order valence-electron chi connectivity index (χ4n) is 5.88. The summed E-state index contributed by atoms with van der Waals surface area (Å²) in [7, 11) is 1.57. The highest BCUT2D eigenvalue weighted by molar-refractivity contribution is 7.12. The van der Waals surface area contributed by atoms with Gasteiger partial charge in [0, 0.05) is 40.7 Å². The summed E-state index contributed by atoms with van der Waals surface area (Å²) >= 11 is 1.68. The van der Waals surface area contributed by atoms with Crippen LogP contribution in [-0.2, 0) is 24.1 Å². The molecule has 194 valence electrons. The van der Waals surface area contributed by atoms with Crippen molar-refractivity contribution in [3.63, 3.8) is 0 Å². The molecule has 0 radical (unpaired) electrons. The van der Waals surface area contributed by atoms with Gasteiger partial charge in [0.1, 0.15) is 17.9 Å². The first-order valence-electron chi connectivity index (χ1n) is 13.2. The molecule has 0 unspecified atom stereocenters. The smallest absolute Gasteiger partial charge is 0.252 e. The molecule has 3 saturated carbocycles. The summed E-state index contributed by atoms with van der Waals surface area (Å²) in [6, 6.07) is 1.86. The Morgan fingerprint density at radius 2 is 2.16 bits per heavy atom. The largest absolute Gasteiger partial charge is 0.480 e. The summed E-state index contributed by atoms with van der Waals surface area (Å²) in [5.74, 6) is 2.87. The number of methoxy groups -OCH3 is 1. The quantitative estimate of drug-likeness (QED) is 0.372. The number of anilines is 2. The predicted octanol–water partition coefficient (Wildman–Crippen LogP) is 3.60. The number of aromatic amines is 1. The van der Waals surface area contributed by atoms with E-state index in [1.165, 1.54) is 30.6 Å². The van der Waals surface area contributed by atoms with Gasteiger partial charge >= 0.3 is 0 Å². The second-order valence-electron chi connectivity index (χ2n) is 11.1. The number of aromatic nitrogens is 5. The van der Waals surface area contributed by atoms with Crippen LogP contribution in [0.4, 0.5) is 11.8 Å². The molecule has 4 aliphatic rings. The van der Waals surface area contributed by atoms with E-state index in [0.717, 1.165) is 41.8 Å². The zero-order valence-electron chi connectivity index (χ0n) is 20.9. The average molecular weight is 522 g/mol. The van der Waals surface area contributed by atoms with Crippen molar-refractivity contribution in [3.05, 3.63) is 33.3 Å². The lowest BCUT2D eigenvalue weighted by Gasteiger charge is -2.25. The molecule has 4 aliphatic carbocycles. The molecule has 0 aromatic carbocycles. The number of hydrogen-bond donors (Lipinski definition) is 3. The highest BCUT2D eigenvalue weighted by Crippen LogP contribution is 2.71. The van der Waals surface area contributed by atoms with E-state index in [2.05, 4.69) is 31.0 Å². The summed E-state index contributed by atoms with van der Waals surface area (Å²) < 4.78 is 7.18. The van der Waals surface area contributed by atoms with Crippen molar-refractivity contribution in [2.75, 3.05) is 19.0 Å². The van der Waals surface area contributed by atoms with Crippen molar-refractivity contribution in [2.24, 2.45) is 17.3 Å². The van der Waals surface area contributed by atoms with Crippen molar-refractivity contribution >= 4 is 34.8 Å². The highest BCUT2D eigenvalue weighted by atomic mass is 32.1. The number of ether oxygens (including phenoxy) is 1. The zero-order valence-corrected chi connectivity index (χ0v) is 21.7. The topological polar surface area (TPSA) is 127 Å². The summed E-state index contributed by atoms with van der Waals surface area (Å²) in [5.41, 5.74) is 2.19. The third-order valence-electron chi connectivity index (χ3n) is 8.57. The van der Waals surface area contributed by atoms with Gasteiger partial charge in [-0.15, -0.1) is 26.6 Å². The molecule has 3 aromatic rings. The first kappa shape index (κ1) is 22.9. The molecule has 7 rings (SSSR count). The Morgan fingerprint density at radius 3 is 2.89 bits per heavy atom. The molecular weight excluding hydrogens is 490 g/mol. The predicted molar refractivity (Wildman–Crippen MR) is 137 cm³/mol. The van der Waals surface area contributed by atoms with Gasteiger partial charge in [0.15, 0.2) is 0 Å². The number of nitrogens with one attached hydrogen (secondary N) is 3. The van der Waals surface area contributed by atoms with Crippen LogP contribution in [0.1, 0.15) is 70.2 Å². The van der Waals surface area contributed by atoms with Gasteiger partial charge < -0.3 is 15.4 Å². The van der Waals surface area contributed by atoms with Gasteiger partial charge in [0.2, 0.25) is 11.8 Å². The van der Waals surface area contributed by atoms with Gasteiger partial charge in [0.25, 0.3) is 5.91 Å². The Morgan fingerprint density at radius 1 is 1.30 bits per heavy atom. The molecule has 3 N–H and O–H groups in total. The van der Waals surface area contributed by atoms with Crippen LogP contribution >= 0.6 is 11.3 Å². The maximum Gasteiger partial charge on any atom is 0.252 e. The summed E-state index contributed by atoms with van der Waals surface area (Å²) in [6.45, 7) is 0.721. The van der Waals surface area contributed by atoms with Crippen LogP contribution in [0.3, 0.4) is 0 Å². The second kappa shape index (κ2) is 8.68. The number of thiophene rings is 1. The van der Waals surface area contributed by atoms with E-state index in [9.17, 15) is 9.59 Å². The van der Waals surface area contributed by atoms with Crippen molar-refractivity contribution in [2.45, 2.75) is 63.8 Å². The van der Waals surface area contributed by atoms with Crippen LogP contribution in [0.2, 0.25) is 0 Å². The first-order valence-corrected chi connectivity index (χ1v) is 14.0. The van der Waals surface area contributed by atoms with Gasteiger partial charge in [-0.25, -0.2) is 0 Å². The van der Waals surface area contributed by atoms with Crippen LogP contribution < -0.4 is 15.4 Å². The van der Waals surface area contributed by atoms with Gasteiger partial charge in [0.05, 0.1) is 12.7 Å². The lowest BCUT2D eigenvalue weighted by atomic mass is 9.89. The van der Waals surface area contributed by atoms with Gasteiger partial charge in [-0.05, 0) is 68.3 Å². The van der Waals surface area contributed by atoms with Crippen LogP contribution in [0.15, 0.2) is 12.4 Å². The molecule has 10 nitrogen and oxygen atoms in total. The number of carbonyl (C=O) groups is 2. The van der Waals surface area contributed by atoms with E-state index in [0.29, 0.717) is 47.6 Å². The molecule has 3 heterocycles. The fourth-order valence-corrected chi connectivity index (χ4v) is 7.24. The molecule has 11 heteroatoms. The number of Topliss-reactive ketones (excluding diaryl/α,β-unsaturated/α-hetero) is 1. The summed E-state index contributed by atoms with van der Waals surface area (Å²) in [6.07, 6.45) is 10.4. The number of fused-ring (bicyclic) bond motifs is 1. The number of carbonyl (C=O) groups excluding carboxylic acids is 2. The Kier molecular flexibility index (Phi) is 5.38. The summed E-state index contributed by atoms with van der Waals surface area (Å²) in [5, 5.41) is 21.8. The number of hydrogen-bond acceptors (Lipinski definition) is 8. The van der Waals surface area contributed by atoms with E-state index < -0.39 is 0 Å². The average Bonchev–Trinajstić information content (AvgIpc) is 3.86. The van der Waals surface area contributed by atoms with Crippen molar-refractivity contribution in [3.8, 4) is 5.88 Å². The molecule has 0 aliphatic heterocycles. The lowest BCUT2D eigenvalue weighted by Crippen LogP contribution is -2.28. The van der Waals surface area contributed by atoms with E-state index in [4.69, 9.17) is 4.74 Å². The third kappa shape index (κ3) is 4.32. The monoisotopic (exact) mass is 521 g/mol. The fraction of sp³-hybridized carbons (Fsp3) is 0.577. The third-order valence-corrected chi connectivity index (χ3v) is 9.86. The normalized spacial score (nSPS) is 22.9. The van der Waals surface area contributed by atoms with Gasteiger partial charge in [-0.1, -0.05) is 0 Å². The van der Waals surface area contributed by atoms with Crippen molar-refractivity contribution in [1.82, 2.24) is 30.3 Å². The van der Waals surface area contributed by atoms with Crippen LogP contribution in [-0.4, -0.2) is 50.3 Å². The maximum absolute atomic E-state index is 13.5. The molecule has 3 aromatic heterocycles.